The summed E-state index contributed by atoms with van der Waals surface area (Å²) in [7, 11) is 3.00. The number of hydrogen-bond acceptors (Lipinski definition) is 10. The van der Waals surface area contributed by atoms with Crippen molar-refractivity contribution in [3.05, 3.63) is 65.4 Å². The lowest BCUT2D eigenvalue weighted by molar-refractivity contribution is 0.0695. The van der Waals surface area contributed by atoms with Crippen LogP contribution in [0, 0.1) is 5.82 Å². The highest BCUT2D eigenvalue weighted by Gasteiger charge is 2.25. The van der Waals surface area contributed by atoms with Gasteiger partial charge in [-0.2, -0.15) is 5.10 Å². The maximum absolute atomic E-state index is 15.1. The predicted molar refractivity (Wildman–Crippen MR) is 152 cm³/mol. The summed E-state index contributed by atoms with van der Waals surface area (Å²) >= 11 is 0. The molecule has 0 aliphatic heterocycles. The molecule has 0 saturated carbocycles. The Morgan fingerprint density at radius 2 is 1.78 bits per heavy atom. The molecule has 41 heavy (non-hydrogen) atoms. The summed E-state index contributed by atoms with van der Waals surface area (Å²) in [6, 6.07) is 8.53. The summed E-state index contributed by atoms with van der Waals surface area (Å²) in [5.74, 6) is -1.22. The number of pyridine rings is 1. The lowest BCUT2D eigenvalue weighted by Gasteiger charge is -2.19. The molecule has 12 nitrogen and oxygen atoms in total. The van der Waals surface area contributed by atoms with Gasteiger partial charge >= 0.3 is 0 Å². The summed E-state index contributed by atoms with van der Waals surface area (Å²) in [5.41, 5.74) is -1.21. The van der Waals surface area contributed by atoms with Crippen molar-refractivity contribution < 1.29 is 28.2 Å². The van der Waals surface area contributed by atoms with Gasteiger partial charge < -0.3 is 30.9 Å². The SMILES string of the molecule is [2H]C([2H])([2H])NC(=O)c1nnc(Nc2cc(C(C)(C)O)ccn2)cc1Nc1cc(F)cc(-c2cc(C(C)(C)O)n(C)n2)c1OC. The third-order valence-electron chi connectivity index (χ3n) is 6.15. The smallest absolute Gasteiger partial charge is 0.273 e. The molecule has 0 spiro atoms. The maximum Gasteiger partial charge on any atom is 0.273 e. The number of nitrogens with zero attached hydrogens (tertiary/aromatic N) is 5. The molecule has 0 aliphatic carbocycles. The second-order valence-corrected chi connectivity index (χ2v) is 10.3. The number of carbonyl (C=O) groups excluding carboxylic acids is 1. The number of benzene rings is 1. The number of ether oxygens (including phenoxy) is 1. The molecule has 0 unspecified atom stereocenters. The Balaban J connectivity index is 1.81. The quantitative estimate of drug-likeness (QED) is 0.202. The highest BCUT2D eigenvalue weighted by Crippen LogP contribution is 2.40. The first-order valence-corrected chi connectivity index (χ1v) is 12.4. The number of rotatable bonds is 9. The zero-order valence-corrected chi connectivity index (χ0v) is 23.4. The molecule has 3 heterocycles. The first-order chi connectivity index (χ1) is 20.4. The van der Waals surface area contributed by atoms with Gasteiger partial charge in [0, 0.05) is 42.0 Å². The van der Waals surface area contributed by atoms with Gasteiger partial charge in [0.2, 0.25) is 0 Å². The number of hydrogen-bond donors (Lipinski definition) is 5. The van der Waals surface area contributed by atoms with E-state index in [-0.39, 0.29) is 28.5 Å². The molecule has 5 N–H and O–H groups in total. The van der Waals surface area contributed by atoms with E-state index in [0.29, 0.717) is 22.8 Å². The van der Waals surface area contributed by atoms with Crippen LogP contribution in [0.4, 0.5) is 27.4 Å². The fourth-order valence-corrected chi connectivity index (χ4v) is 4.20. The first kappa shape index (κ1) is 25.4. The predicted octanol–water partition coefficient (Wildman–Crippen LogP) is 3.72. The standard InChI is InChI=1S/C28H33FN8O4/c1-27(2,39)15-8-9-31-22(10-15)33-23-14-19(24(35-34-23)26(38)30-5)32-20-12-16(29)11-17(25(20)41-7)18-13-21(28(3,4)40)37(6)36-18/h8-14,39-40H,1-7H3,(H,30,38)(H2,31,32,33,34)/i5D3. The Labute approximate surface area is 240 Å². The van der Waals surface area contributed by atoms with Crippen molar-refractivity contribution in [2.45, 2.75) is 38.9 Å². The summed E-state index contributed by atoms with van der Waals surface area (Å²) < 4.78 is 44.5. The van der Waals surface area contributed by atoms with Gasteiger partial charge in [0.1, 0.15) is 17.2 Å². The van der Waals surface area contributed by atoms with Crippen LogP contribution in [0.25, 0.3) is 11.3 Å². The topological polar surface area (TPSA) is 159 Å². The molecule has 4 rings (SSSR count). The molecule has 0 saturated heterocycles. The molecule has 1 amide bonds. The van der Waals surface area contributed by atoms with E-state index >= 15 is 4.39 Å². The summed E-state index contributed by atoms with van der Waals surface area (Å²) in [5, 5.41) is 41.0. The molecule has 3 aromatic heterocycles. The van der Waals surface area contributed by atoms with Crippen LogP contribution in [-0.2, 0) is 18.2 Å². The van der Waals surface area contributed by atoms with Crippen LogP contribution in [0.3, 0.4) is 0 Å². The second-order valence-electron chi connectivity index (χ2n) is 10.3. The van der Waals surface area contributed by atoms with Gasteiger partial charge in [0.25, 0.3) is 5.91 Å². The number of anilines is 4. The highest BCUT2D eigenvalue weighted by molar-refractivity contribution is 5.99. The fraction of sp³-hybridized carbons (Fsp3) is 0.321. The minimum absolute atomic E-state index is 0.0454. The van der Waals surface area contributed by atoms with Gasteiger partial charge in [-0.05, 0) is 57.5 Å². The molecule has 0 radical (unpaired) electrons. The number of aryl methyl sites for hydroxylation is 1. The maximum atomic E-state index is 15.1. The number of nitrogens with one attached hydrogen (secondary N) is 3. The van der Waals surface area contributed by atoms with Crippen molar-refractivity contribution in [2.24, 2.45) is 7.05 Å². The number of methoxy groups -OCH3 is 1. The van der Waals surface area contributed by atoms with Gasteiger partial charge in [-0.25, -0.2) is 9.37 Å². The van der Waals surface area contributed by atoms with E-state index in [0.717, 1.165) is 6.07 Å². The van der Waals surface area contributed by atoms with E-state index in [1.54, 1.807) is 52.9 Å². The van der Waals surface area contributed by atoms with Gasteiger partial charge in [-0.3, -0.25) is 9.48 Å². The van der Waals surface area contributed by atoms with Gasteiger partial charge in [-0.1, -0.05) is 0 Å². The Bertz CT molecular complexity index is 1700. The lowest BCUT2D eigenvalue weighted by Crippen LogP contribution is -2.21. The molecular formula is C28H33FN8O4. The molecule has 216 valence electrons. The third-order valence-corrected chi connectivity index (χ3v) is 6.15. The molecule has 0 atom stereocenters. The third kappa shape index (κ3) is 6.42. The molecule has 0 bridgehead atoms. The van der Waals surface area contributed by atoms with Crippen LogP contribution in [0.15, 0.2) is 42.6 Å². The van der Waals surface area contributed by atoms with E-state index < -0.39 is 35.6 Å². The zero-order valence-electron chi connectivity index (χ0n) is 26.4. The largest absolute Gasteiger partial charge is 0.494 e. The van der Waals surface area contributed by atoms with E-state index in [4.69, 9.17) is 8.85 Å². The number of aromatic nitrogens is 5. The molecule has 13 heteroatoms. The van der Waals surface area contributed by atoms with Crippen LogP contribution < -0.4 is 20.7 Å². The van der Waals surface area contributed by atoms with Gasteiger partial charge in [0.15, 0.2) is 17.3 Å². The van der Waals surface area contributed by atoms with Crippen LogP contribution in [-0.4, -0.2) is 55.2 Å². The van der Waals surface area contributed by atoms with Crippen molar-refractivity contribution in [3.8, 4) is 17.0 Å². The van der Waals surface area contributed by atoms with Crippen molar-refractivity contribution in [1.29, 1.82) is 0 Å². The number of halogens is 1. The van der Waals surface area contributed by atoms with E-state index in [9.17, 15) is 15.0 Å². The molecular weight excluding hydrogens is 531 g/mol. The van der Waals surface area contributed by atoms with Crippen LogP contribution in [0.2, 0.25) is 0 Å². The summed E-state index contributed by atoms with van der Waals surface area (Å²) in [4.78, 5) is 17.1. The Morgan fingerprint density at radius 1 is 1.02 bits per heavy atom. The monoisotopic (exact) mass is 567 g/mol. The van der Waals surface area contributed by atoms with Crippen LogP contribution in [0.5, 0.6) is 5.75 Å². The van der Waals surface area contributed by atoms with Crippen LogP contribution in [0.1, 0.15) is 53.6 Å². The Morgan fingerprint density at radius 3 is 2.41 bits per heavy atom. The zero-order chi connectivity index (χ0) is 32.6. The van der Waals surface area contributed by atoms with Gasteiger partial charge in [0.05, 0.1) is 35.5 Å². The average molecular weight is 568 g/mol. The lowest BCUT2D eigenvalue weighted by atomic mass is 10.00. The molecule has 1 aromatic carbocycles. The Hall–Kier alpha value is -4.62. The number of amides is 1. The average Bonchev–Trinajstić information content (AvgIpc) is 3.29. The van der Waals surface area contributed by atoms with Crippen molar-refractivity contribution in [1.82, 2.24) is 30.3 Å². The number of aliphatic hydroxyl groups is 2. The minimum Gasteiger partial charge on any atom is -0.494 e. The number of carbonyl (C=O) groups is 1. The summed E-state index contributed by atoms with van der Waals surface area (Å²) in [6.07, 6.45) is 1.49. The first-order valence-electron chi connectivity index (χ1n) is 13.9. The Kier molecular flexibility index (Phi) is 6.86. The van der Waals surface area contributed by atoms with Crippen molar-refractivity contribution in [2.75, 3.05) is 24.7 Å². The molecule has 0 aliphatic rings. The van der Waals surface area contributed by atoms with Crippen molar-refractivity contribution in [3.63, 3.8) is 0 Å². The molecule has 4 aromatic rings. The molecule has 0 fully saturated rings. The normalized spacial score (nSPS) is 13.1. The van der Waals surface area contributed by atoms with E-state index in [1.165, 1.54) is 30.1 Å². The highest BCUT2D eigenvalue weighted by atomic mass is 19.1. The minimum atomic E-state index is -2.82. The second kappa shape index (κ2) is 11.1. The van der Waals surface area contributed by atoms with Gasteiger partial charge in [-0.15, -0.1) is 10.2 Å². The van der Waals surface area contributed by atoms with Crippen molar-refractivity contribution >= 4 is 28.9 Å². The van der Waals surface area contributed by atoms with E-state index in [2.05, 4.69) is 30.9 Å². The summed E-state index contributed by atoms with van der Waals surface area (Å²) in [6.45, 7) is 3.59. The van der Waals surface area contributed by atoms with Crippen LogP contribution >= 0.6 is 0 Å². The van der Waals surface area contributed by atoms with E-state index in [1.807, 2.05) is 5.32 Å². The fourth-order valence-electron chi connectivity index (χ4n) is 4.20.